The van der Waals surface area contributed by atoms with E-state index in [1.54, 1.807) is 0 Å². The first-order chi connectivity index (χ1) is 17.0. The van der Waals surface area contributed by atoms with Crippen molar-refractivity contribution in [1.29, 1.82) is 0 Å². The van der Waals surface area contributed by atoms with Gasteiger partial charge in [0.05, 0.1) is 0 Å². The maximum Gasteiger partial charge on any atom is 0.328 e. The van der Waals surface area contributed by atoms with E-state index < -0.39 is 17.8 Å². The molecule has 2 aliphatic heterocycles. The first-order valence-corrected chi connectivity index (χ1v) is 11.2. The van der Waals surface area contributed by atoms with Gasteiger partial charge in [-0.2, -0.15) is 0 Å². The summed E-state index contributed by atoms with van der Waals surface area (Å²) in [6.07, 6.45) is 3.50. The van der Waals surface area contributed by atoms with Gasteiger partial charge in [0.2, 0.25) is 0 Å². The van der Waals surface area contributed by atoms with E-state index in [4.69, 9.17) is 4.74 Å². The number of carbonyl (C=O) groups is 3. The second-order valence-electron chi connectivity index (χ2n) is 8.33. The van der Waals surface area contributed by atoms with Crippen molar-refractivity contribution in [2.45, 2.75) is 12.8 Å². The second-order valence-corrected chi connectivity index (χ2v) is 8.33. The van der Waals surface area contributed by atoms with Crippen molar-refractivity contribution in [3.8, 4) is 0 Å². The zero-order valence-corrected chi connectivity index (χ0v) is 18.9. The molecule has 1 unspecified atom stereocenters. The molecule has 6 heteroatoms. The molecule has 1 atom stereocenters. The Hall–Kier alpha value is -4.71. The van der Waals surface area contributed by atoms with Gasteiger partial charge in [-0.05, 0) is 24.6 Å². The quantitative estimate of drug-likeness (QED) is 0.429. The second kappa shape index (κ2) is 9.27. The molecule has 0 aromatic heterocycles. The molecule has 2 N–H and O–H groups in total. The van der Waals surface area contributed by atoms with Crippen LogP contribution in [0.25, 0.3) is 11.5 Å². The molecule has 6 nitrogen and oxygen atoms in total. The number of nitrogens with one attached hydrogen (secondary N) is 2. The Bertz CT molecular complexity index is 1380. The molecule has 1 saturated heterocycles. The van der Waals surface area contributed by atoms with Gasteiger partial charge in [-0.3, -0.25) is 20.2 Å². The molecule has 5 rings (SSSR count). The molecular formula is C29H22N2O4. The van der Waals surface area contributed by atoms with Gasteiger partial charge in [-0.1, -0.05) is 90.5 Å². The van der Waals surface area contributed by atoms with Gasteiger partial charge in [0.1, 0.15) is 17.1 Å². The van der Waals surface area contributed by atoms with Crippen LogP contribution in [0, 0.1) is 6.92 Å². The first kappa shape index (κ1) is 22.1. The van der Waals surface area contributed by atoms with Crippen LogP contribution in [0.2, 0.25) is 0 Å². The van der Waals surface area contributed by atoms with Gasteiger partial charge in [-0.15, -0.1) is 0 Å². The van der Waals surface area contributed by atoms with E-state index in [0.29, 0.717) is 17.1 Å². The fourth-order valence-electron chi connectivity index (χ4n) is 4.12. The van der Waals surface area contributed by atoms with Crippen LogP contribution < -0.4 is 10.6 Å². The van der Waals surface area contributed by atoms with Crippen LogP contribution >= 0.6 is 0 Å². The number of barbiturate groups is 1. The summed E-state index contributed by atoms with van der Waals surface area (Å²) in [5.74, 6) is -0.619. The third-order valence-corrected chi connectivity index (χ3v) is 5.90. The summed E-state index contributed by atoms with van der Waals surface area (Å²) in [4.78, 5) is 36.7. The molecule has 2 heterocycles. The number of ether oxygens (including phenoxy) is 1. The smallest absolute Gasteiger partial charge is 0.328 e. The Morgan fingerprint density at radius 3 is 1.91 bits per heavy atom. The lowest BCUT2D eigenvalue weighted by molar-refractivity contribution is -0.124. The van der Waals surface area contributed by atoms with Gasteiger partial charge >= 0.3 is 6.03 Å². The number of carbonyl (C=O) groups excluding carboxylic acids is 3. The standard InChI is InChI=1S/C29H22N2O4/c1-18-12-14-19(15-13-18)22-17-25(20-8-4-2-5-9-20)35-26(21-10-6-3-7-11-21)23(22)16-24-27(32)30-29(34)31-28(24)33/h2-17,22H,1H3,(H2,30,31,32,33,34). The highest BCUT2D eigenvalue weighted by molar-refractivity contribution is 6.29. The summed E-state index contributed by atoms with van der Waals surface area (Å²) in [6, 6.07) is 26.6. The molecule has 0 saturated carbocycles. The van der Waals surface area contributed by atoms with E-state index in [9.17, 15) is 14.4 Å². The molecule has 3 aromatic carbocycles. The van der Waals surface area contributed by atoms with Crippen LogP contribution in [-0.4, -0.2) is 17.8 Å². The van der Waals surface area contributed by atoms with Crippen LogP contribution in [0.5, 0.6) is 0 Å². The van der Waals surface area contributed by atoms with Crippen molar-refractivity contribution in [3.63, 3.8) is 0 Å². The molecule has 0 radical (unpaired) electrons. The maximum absolute atomic E-state index is 12.6. The summed E-state index contributed by atoms with van der Waals surface area (Å²) in [5, 5.41) is 4.29. The third kappa shape index (κ3) is 4.54. The Morgan fingerprint density at radius 1 is 0.743 bits per heavy atom. The van der Waals surface area contributed by atoms with Crippen molar-refractivity contribution in [1.82, 2.24) is 10.6 Å². The monoisotopic (exact) mass is 462 g/mol. The molecule has 0 aliphatic carbocycles. The van der Waals surface area contributed by atoms with Crippen LogP contribution in [-0.2, 0) is 14.3 Å². The Balaban J connectivity index is 1.74. The molecule has 3 aromatic rings. The number of rotatable bonds is 4. The van der Waals surface area contributed by atoms with E-state index in [2.05, 4.69) is 10.6 Å². The zero-order chi connectivity index (χ0) is 24.4. The highest BCUT2D eigenvalue weighted by atomic mass is 16.5. The minimum absolute atomic E-state index is 0.162. The summed E-state index contributed by atoms with van der Waals surface area (Å²) in [6.45, 7) is 2.01. The van der Waals surface area contributed by atoms with Crippen molar-refractivity contribution < 1.29 is 19.1 Å². The lowest BCUT2D eigenvalue weighted by Crippen LogP contribution is -2.51. The van der Waals surface area contributed by atoms with Crippen molar-refractivity contribution in [2.75, 3.05) is 0 Å². The molecule has 1 fully saturated rings. The predicted octanol–water partition coefficient (Wildman–Crippen LogP) is 4.85. The van der Waals surface area contributed by atoms with Crippen LogP contribution in [0.1, 0.15) is 28.2 Å². The molecule has 2 aliphatic rings. The van der Waals surface area contributed by atoms with Crippen molar-refractivity contribution in [2.24, 2.45) is 0 Å². The van der Waals surface area contributed by atoms with Crippen LogP contribution in [0.3, 0.4) is 0 Å². The molecule has 35 heavy (non-hydrogen) atoms. The largest absolute Gasteiger partial charge is 0.456 e. The van der Waals surface area contributed by atoms with E-state index in [-0.39, 0.29) is 11.5 Å². The Kier molecular flexibility index (Phi) is 5.85. The maximum atomic E-state index is 12.6. The lowest BCUT2D eigenvalue weighted by Gasteiger charge is -2.28. The van der Waals surface area contributed by atoms with Gasteiger partial charge < -0.3 is 4.74 Å². The van der Waals surface area contributed by atoms with Crippen LogP contribution in [0.15, 0.2) is 108 Å². The minimum Gasteiger partial charge on any atom is -0.456 e. The number of imide groups is 2. The highest BCUT2D eigenvalue weighted by Gasteiger charge is 2.32. The first-order valence-electron chi connectivity index (χ1n) is 11.2. The molecule has 172 valence electrons. The number of hydrogen-bond acceptors (Lipinski definition) is 4. The van der Waals surface area contributed by atoms with Gasteiger partial charge in [0.25, 0.3) is 11.8 Å². The van der Waals surface area contributed by atoms with Gasteiger partial charge in [0, 0.05) is 22.6 Å². The summed E-state index contributed by atoms with van der Waals surface area (Å²) < 4.78 is 6.45. The third-order valence-electron chi connectivity index (χ3n) is 5.90. The Labute approximate surface area is 202 Å². The fourth-order valence-corrected chi connectivity index (χ4v) is 4.12. The van der Waals surface area contributed by atoms with E-state index in [1.165, 1.54) is 6.08 Å². The van der Waals surface area contributed by atoms with Crippen LogP contribution in [0.4, 0.5) is 4.79 Å². The van der Waals surface area contributed by atoms with Gasteiger partial charge in [0.15, 0.2) is 0 Å². The predicted molar refractivity (Wildman–Crippen MR) is 133 cm³/mol. The number of hydrogen-bond donors (Lipinski definition) is 2. The number of allylic oxidation sites excluding steroid dienone is 3. The number of aryl methyl sites for hydroxylation is 1. The average Bonchev–Trinajstić information content (AvgIpc) is 2.87. The van der Waals surface area contributed by atoms with E-state index >= 15 is 0 Å². The zero-order valence-electron chi connectivity index (χ0n) is 18.9. The summed E-state index contributed by atoms with van der Waals surface area (Å²) >= 11 is 0. The number of benzene rings is 3. The highest BCUT2D eigenvalue weighted by Crippen LogP contribution is 2.42. The average molecular weight is 463 g/mol. The SMILES string of the molecule is Cc1ccc(C2C=C(c3ccccc3)OC(c3ccccc3)=C2C=C2C(=O)NC(=O)NC2=O)cc1. The van der Waals surface area contributed by atoms with E-state index in [1.807, 2.05) is 97.9 Å². The normalized spacial score (nSPS) is 17.9. The molecule has 4 amide bonds. The topological polar surface area (TPSA) is 84.5 Å². The summed E-state index contributed by atoms with van der Waals surface area (Å²) in [7, 11) is 0. The van der Waals surface area contributed by atoms with Crippen molar-refractivity contribution >= 4 is 29.4 Å². The fraction of sp³-hybridized carbons (Fsp3) is 0.0690. The molecular weight excluding hydrogens is 440 g/mol. The number of amides is 4. The minimum atomic E-state index is -0.837. The molecule has 0 spiro atoms. The van der Waals surface area contributed by atoms with Crippen molar-refractivity contribution in [3.05, 3.63) is 130 Å². The van der Waals surface area contributed by atoms with Gasteiger partial charge in [-0.25, -0.2) is 4.79 Å². The number of urea groups is 1. The van der Waals surface area contributed by atoms with E-state index in [0.717, 1.165) is 22.3 Å². The molecule has 0 bridgehead atoms. The lowest BCUT2D eigenvalue weighted by atomic mass is 9.84. The summed E-state index contributed by atoms with van der Waals surface area (Å²) in [5.41, 5.74) is 4.26. The Morgan fingerprint density at radius 2 is 1.31 bits per heavy atom.